The third-order valence-corrected chi connectivity index (χ3v) is 8.80. The van der Waals surface area contributed by atoms with E-state index in [1.54, 1.807) is 6.07 Å². The average Bonchev–Trinajstić information content (AvgIpc) is 3.39. The SMILES string of the molecule is CCC1(CC)CC(NC(=O)c2cc(S(=O)(=O)N3CCCC3)ccc2OC)c2ccccc2O1. The van der Waals surface area contributed by atoms with Gasteiger partial charge in [0, 0.05) is 25.1 Å². The van der Waals surface area contributed by atoms with Crippen LogP contribution in [0.4, 0.5) is 0 Å². The number of ether oxygens (including phenoxy) is 2. The number of methoxy groups -OCH3 is 1. The van der Waals surface area contributed by atoms with E-state index < -0.39 is 10.0 Å². The van der Waals surface area contributed by atoms with Gasteiger partial charge in [0.25, 0.3) is 5.91 Å². The van der Waals surface area contributed by atoms with Gasteiger partial charge in [-0.15, -0.1) is 0 Å². The summed E-state index contributed by atoms with van der Waals surface area (Å²) in [6, 6.07) is 12.0. The molecular weight excluding hydrogens is 440 g/mol. The second-order valence-corrected chi connectivity index (χ2v) is 10.7. The molecule has 1 amide bonds. The largest absolute Gasteiger partial charge is 0.496 e. The van der Waals surface area contributed by atoms with Crippen LogP contribution < -0.4 is 14.8 Å². The molecule has 1 unspecified atom stereocenters. The van der Waals surface area contributed by atoms with E-state index in [0.29, 0.717) is 25.3 Å². The Morgan fingerprint density at radius 1 is 1.15 bits per heavy atom. The van der Waals surface area contributed by atoms with Crippen molar-refractivity contribution in [1.82, 2.24) is 9.62 Å². The predicted molar refractivity (Wildman–Crippen MR) is 126 cm³/mol. The van der Waals surface area contributed by atoms with E-state index in [9.17, 15) is 13.2 Å². The number of carbonyl (C=O) groups excluding carboxylic acids is 1. The first-order valence-electron chi connectivity index (χ1n) is 11.6. The Morgan fingerprint density at radius 3 is 2.52 bits per heavy atom. The number of benzene rings is 2. The third-order valence-electron chi connectivity index (χ3n) is 6.91. The summed E-state index contributed by atoms with van der Waals surface area (Å²) in [6.07, 6.45) is 3.97. The molecule has 2 aromatic rings. The van der Waals surface area contributed by atoms with Crippen LogP contribution in [0, 0.1) is 0 Å². The fraction of sp³-hybridized carbons (Fsp3) is 0.480. The Balaban J connectivity index is 1.67. The maximum atomic E-state index is 13.5. The predicted octanol–water partition coefficient (Wildman–Crippen LogP) is 4.29. The van der Waals surface area contributed by atoms with Gasteiger partial charge in [-0.2, -0.15) is 4.31 Å². The number of hydrogen-bond acceptors (Lipinski definition) is 5. The first-order valence-corrected chi connectivity index (χ1v) is 13.0. The highest BCUT2D eigenvalue weighted by Crippen LogP contribution is 2.43. The molecule has 0 saturated carbocycles. The fourth-order valence-electron chi connectivity index (χ4n) is 4.77. The van der Waals surface area contributed by atoms with Crippen LogP contribution in [0.1, 0.15) is 67.9 Å². The number of hydrogen-bond donors (Lipinski definition) is 1. The zero-order valence-electron chi connectivity index (χ0n) is 19.5. The number of sulfonamides is 1. The number of amides is 1. The number of nitrogens with one attached hydrogen (secondary N) is 1. The van der Waals surface area contributed by atoms with Gasteiger partial charge in [-0.1, -0.05) is 32.0 Å². The lowest BCUT2D eigenvalue weighted by atomic mass is 9.83. The van der Waals surface area contributed by atoms with Gasteiger partial charge in [0.2, 0.25) is 10.0 Å². The topological polar surface area (TPSA) is 84.9 Å². The summed E-state index contributed by atoms with van der Waals surface area (Å²) in [6.45, 7) is 5.19. The molecule has 0 bridgehead atoms. The highest BCUT2D eigenvalue weighted by atomic mass is 32.2. The van der Waals surface area contributed by atoms with Gasteiger partial charge in [-0.05, 0) is 49.9 Å². The molecule has 1 atom stereocenters. The Hall–Kier alpha value is -2.58. The molecule has 1 saturated heterocycles. The standard InChI is InChI=1S/C25H32N2O5S/c1-4-25(5-2)17-21(19-10-6-7-11-23(19)32-25)26-24(28)20-16-18(12-13-22(20)31-3)33(29,30)27-14-8-9-15-27/h6-7,10-13,16,21H,4-5,8-9,14-15,17H2,1-3H3,(H,26,28). The van der Waals surface area contributed by atoms with Crippen molar-refractivity contribution in [1.29, 1.82) is 0 Å². The molecule has 8 heteroatoms. The Morgan fingerprint density at radius 2 is 1.85 bits per heavy atom. The highest BCUT2D eigenvalue weighted by molar-refractivity contribution is 7.89. The summed E-state index contributed by atoms with van der Waals surface area (Å²) < 4.78 is 39.3. The lowest BCUT2D eigenvalue weighted by molar-refractivity contribution is 0.0227. The Bertz CT molecular complexity index is 1120. The van der Waals surface area contributed by atoms with Gasteiger partial charge < -0.3 is 14.8 Å². The van der Waals surface area contributed by atoms with Gasteiger partial charge in [0.15, 0.2) is 0 Å². The van der Waals surface area contributed by atoms with Crippen LogP contribution >= 0.6 is 0 Å². The summed E-state index contributed by atoms with van der Waals surface area (Å²) in [5.41, 5.74) is 0.765. The number of rotatable bonds is 7. The smallest absolute Gasteiger partial charge is 0.255 e. The molecule has 0 spiro atoms. The summed E-state index contributed by atoms with van der Waals surface area (Å²) >= 11 is 0. The van der Waals surface area contributed by atoms with E-state index >= 15 is 0 Å². The molecule has 2 aromatic carbocycles. The second kappa shape index (κ2) is 9.35. The van der Waals surface area contributed by atoms with Crippen LogP contribution in [0.2, 0.25) is 0 Å². The zero-order chi connectivity index (χ0) is 23.6. The molecule has 4 rings (SSSR count). The number of nitrogens with zero attached hydrogens (tertiary/aromatic N) is 1. The van der Waals surface area contributed by atoms with Gasteiger partial charge in [0.05, 0.1) is 23.6 Å². The van der Waals surface area contributed by atoms with Crippen LogP contribution in [0.25, 0.3) is 0 Å². The molecule has 0 radical (unpaired) electrons. The van der Waals surface area contributed by atoms with Crippen LogP contribution in [0.3, 0.4) is 0 Å². The van der Waals surface area contributed by atoms with Crippen molar-refractivity contribution in [2.75, 3.05) is 20.2 Å². The first-order chi connectivity index (χ1) is 15.8. The number of carbonyl (C=O) groups is 1. The minimum Gasteiger partial charge on any atom is -0.496 e. The van der Waals surface area contributed by atoms with Crippen molar-refractivity contribution in [3.8, 4) is 11.5 Å². The van der Waals surface area contributed by atoms with Crippen LogP contribution in [0.15, 0.2) is 47.4 Å². The summed E-state index contributed by atoms with van der Waals surface area (Å²) in [5.74, 6) is 0.744. The fourth-order valence-corrected chi connectivity index (χ4v) is 6.31. The molecule has 0 aromatic heterocycles. The van der Waals surface area contributed by atoms with Gasteiger partial charge in [-0.3, -0.25) is 4.79 Å². The van der Waals surface area contributed by atoms with Crippen molar-refractivity contribution in [2.24, 2.45) is 0 Å². The molecule has 2 heterocycles. The number of para-hydroxylation sites is 1. The van der Waals surface area contributed by atoms with Gasteiger partial charge >= 0.3 is 0 Å². The molecule has 2 aliphatic heterocycles. The molecule has 2 aliphatic rings. The van der Waals surface area contributed by atoms with E-state index in [0.717, 1.165) is 37.0 Å². The van der Waals surface area contributed by atoms with Gasteiger partial charge in [0.1, 0.15) is 17.1 Å². The van der Waals surface area contributed by atoms with Crippen molar-refractivity contribution >= 4 is 15.9 Å². The highest BCUT2D eigenvalue weighted by Gasteiger charge is 2.39. The second-order valence-electron chi connectivity index (χ2n) is 8.73. The molecule has 1 fully saturated rings. The van der Waals surface area contributed by atoms with Gasteiger partial charge in [-0.25, -0.2) is 8.42 Å². The molecule has 7 nitrogen and oxygen atoms in total. The van der Waals surface area contributed by atoms with Crippen LogP contribution in [-0.4, -0.2) is 44.4 Å². The van der Waals surface area contributed by atoms with E-state index in [1.807, 2.05) is 24.3 Å². The minimum atomic E-state index is -3.65. The van der Waals surface area contributed by atoms with Crippen LogP contribution in [-0.2, 0) is 10.0 Å². The molecule has 0 aliphatic carbocycles. The molecule has 1 N–H and O–H groups in total. The third kappa shape index (κ3) is 4.46. The number of fused-ring (bicyclic) bond motifs is 1. The summed E-state index contributed by atoms with van der Waals surface area (Å²) in [4.78, 5) is 13.6. The Kier molecular flexibility index (Phi) is 6.68. The van der Waals surface area contributed by atoms with Crippen LogP contribution in [0.5, 0.6) is 11.5 Å². The lowest BCUT2D eigenvalue weighted by Gasteiger charge is -2.41. The molecule has 33 heavy (non-hydrogen) atoms. The van der Waals surface area contributed by atoms with Crippen molar-refractivity contribution < 1.29 is 22.7 Å². The maximum absolute atomic E-state index is 13.5. The van der Waals surface area contributed by atoms with E-state index in [4.69, 9.17) is 9.47 Å². The molecular formula is C25H32N2O5S. The maximum Gasteiger partial charge on any atom is 0.255 e. The lowest BCUT2D eigenvalue weighted by Crippen LogP contribution is -2.44. The van der Waals surface area contributed by atoms with E-state index in [1.165, 1.54) is 23.5 Å². The normalized spacial score (nSPS) is 20.0. The van der Waals surface area contributed by atoms with Crippen molar-refractivity contribution in [3.63, 3.8) is 0 Å². The minimum absolute atomic E-state index is 0.110. The van der Waals surface area contributed by atoms with E-state index in [-0.39, 0.29) is 28.0 Å². The quantitative estimate of drug-likeness (QED) is 0.650. The van der Waals surface area contributed by atoms with E-state index in [2.05, 4.69) is 19.2 Å². The first kappa shape index (κ1) is 23.6. The monoisotopic (exact) mass is 472 g/mol. The molecule has 178 valence electrons. The summed E-state index contributed by atoms with van der Waals surface area (Å²) in [7, 11) is -2.17. The van der Waals surface area contributed by atoms with Crippen molar-refractivity contribution in [2.45, 2.75) is 62.5 Å². The zero-order valence-corrected chi connectivity index (χ0v) is 20.3. The Labute approximate surface area is 196 Å². The summed E-state index contributed by atoms with van der Waals surface area (Å²) in [5, 5.41) is 3.13. The average molecular weight is 473 g/mol. The van der Waals surface area contributed by atoms with Crippen molar-refractivity contribution in [3.05, 3.63) is 53.6 Å².